The second-order valence-electron chi connectivity index (χ2n) is 6.67. The Labute approximate surface area is 148 Å². The van der Waals surface area contributed by atoms with Crippen LogP contribution >= 0.6 is 0 Å². The number of rotatable bonds is 4. The summed E-state index contributed by atoms with van der Waals surface area (Å²) in [7, 11) is -3.70. The van der Waals surface area contributed by atoms with Gasteiger partial charge >= 0.3 is 0 Å². The molecular formula is C18H24N2O4S. The normalized spacial score (nSPS) is 22.1. The summed E-state index contributed by atoms with van der Waals surface area (Å²) in [5, 5.41) is 9.41. The van der Waals surface area contributed by atoms with Crippen LogP contribution < -0.4 is 0 Å². The van der Waals surface area contributed by atoms with Gasteiger partial charge in [-0.2, -0.15) is 4.31 Å². The van der Waals surface area contributed by atoms with E-state index in [2.05, 4.69) is 0 Å². The molecule has 0 spiro atoms. The van der Waals surface area contributed by atoms with Crippen molar-refractivity contribution in [2.45, 2.75) is 37.1 Å². The molecule has 0 saturated carbocycles. The number of benzene rings is 1. The number of carbonyl (C=O) groups excluding carboxylic acids is 1. The van der Waals surface area contributed by atoms with E-state index in [-0.39, 0.29) is 23.5 Å². The van der Waals surface area contributed by atoms with Crippen molar-refractivity contribution >= 4 is 15.9 Å². The zero-order chi connectivity index (χ0) is 18.0. The zero-order valence-corrected chi connectivity index (χ0v) is 15.2. The predicted molar refractivity (Wildman–Crippen MR) is 94.7 cm³/mol. The van der Waals surface area contributed by atoms with E-state index in [1.165, 1.54) is 22.0 Å². The molecule has 1 aromatic rings. The number of hydrogen-bond donors (Lipinski definition) is 1. The Morgan fingerprint density at radius 1 is 1.32 bits per heavy atom. The smallest absolute Gasteiger partial charge is 0.254 e. The minimum absolute atomic E-state index is 0.113. The van der Waals surface area contributed by atoms with Crippen LogP contribution in [-0.4, -0.2) is 60.9 Å². The summed E-state index contributed by atoms with van der Waals surface area (Å²) < 4.78 is 27.1. The molecule has 0 aromatic heterocycles. The molecule has 0 unspecified atom stereocenters. The summed E-state index contributed by atoms with van der Waals surface area (Å²) in [5.74, 6) is -0.152. The molecule has 1 atom stereocenters. The van der Waals surface area contributed by atoms with Gasteiger partial charge in [-0.05, 0) is 44.4 Å². The lowest BCUT2D eigenvalue weighted by molar-refractivity contribution is 0.0768. The number of aliphatic hydroxyl groups excluding tert-OH is 1. The van der Waals surface area contributed by atoms with Crippen LogP contribution in [0.1, 0.15) is 36.5 Å². The summed E-state index contributed by atoms with van der Waals surface area (Å²) in [5.41, 5.74) is 1.65. The van der Waals surface area contributed by atoms with Crippen molar-refractivity contribution in [3.63, 3.8) is 0 Å². The largest absolute Gasteiger partial charge is 0.395 e. The van der Waals surface area contributed by atoms with Crippen LogP contribution in [0.2, 0.25) is 0 Å². The molecule has 1 amide bonds. The Kier molecular flexibility index (Phi) is 5.27. The first-order valence-electron chi connectivity index (χ1n) is 8.61. The highest BCUT2D eigenvalue weighted by molar-refractivity contribution is 7.89. The summed E-state index contributed by atoms with van der Waals surface area (Å²) in [6.45, 7) is 3.47. The Morgan fingerprint density at radius 2 is 2.12 bits per heavy atom. The quantitative estimate of drug-likeness (QED) is 0.824. The van der Waals surface area contributed by atoms with Gasteiger partial charge in [0, 0.05) is 31.2 Å². The maximum atomic E-state index is 12.9. The minimum Gasteiger partial charge on any atom is -0.395 e. The van der Waals surface area contributed by atoms with Crippen LogP contribution in [0.5, 0.6) is 0 Å². The molecule has 1 N–H and O–H groups in total. The van der Waals surface area contributed by atoms with Gasteiger partial charge in [0.05, 0.1) is 11.5 Å². The van der Waals surface area contributed by atoms with Crippen molar-refractivity contribution in [2.24, 2.45) is 0 Å². The van der Waals surface area contributed by atoms with Gasteiger partial charge in [0.2, 0.25) is 10.0 Å². The van der Waals surface area contributed by atoms with E-state index < -0.39 is 10.0 Å². The topological polar surface area (TPSA) is 77.9 Å². The fourth-order valence-corrected chi connectivity index (χ4v) is 5.10. The van der Waals surface area contributed by atoms with Crippen LogP contribution in [0.25, 0.3) is 0 Å². The SMILES string of the molecule is CC1=CCN(C(=O)c2cccc(S(=O)(=O)N3CCC[C@@H]3CO)c2)CC1. The molecule has 25 heavy (non-hydrogen) atoms. The summed E-state index contributed by atoms with van der Waals surface area (Å²) in [6.07, 6.45) is 4.27. The van der Waals surface area contributed by atoms with Gasteiger partial charge in [0.25, 0.3) is 5.91 Å². The summed E-state index contributed by atoms with van der Waals surface area (Å²) >= 11 is 0. The van der Waals surface area contributed by atoms with E-state index in [0.29, 0.717) is 31.6 Å². The van der Waals surface area contributed by atoms with Crippen LogP contribution in [0.15, 0.2) is 40.8 Å². The molecule has 7 heteroatoms. The molecule has 2 aliphatic heterocycles. The van der Waals surface area contributed by atoms with Gasteiger partial charge in [-0.3, -0.25) is 4.79 Å². The Morgan fingerprint density at radius 3 is 2.80 bits per heavy atom. The van der Waals surface area contributed by atoms with E-state index in [1.54, 1.807) is 17.0 Å². The van der Waals surface area contributed by atoms with Gasteiger partial charge in [0.1, 0.15) is 0 Å². The van der Waals surface area contributed by atoms with Crippen LogP contribution in [0.4, 0.5) is 0 Å². The Balaban J connectivity index is 1.85. The van der Waals surface area contributed by atoms with Gasteiger partial charge in [0.15, 0.2) is 0 Å². The molecule has 0 bridgehead atoms. The average Bonchev–Trinajstić information content (AvgIpc) is 3.11. The average molecular weight is 364 g/mol. The van der Waals surface area contributed by atoms with Crippen molar-refractivity contribution in [3.05, 3.63) is 41.5 Å². The molecule has 1 aromatic carbocycles. The molecule has 2 aliphatic rings. The highest BCUT2D eigenvalue weighted by Gasteiger charge is 2.35. The first-order chi connectivity index (χ1) is 11.9. The molecule has 0 aliphatic carbocycles. The molecule has 2 heterocycles. The van der Waals surface area contributed by atoms with Crippen molar-refractivity contribution in [1.29, 1.82) is 0 Å². The number of amides is 1. The van der Waals surface area contributed by atoms with Crippen molar-refractivity contribution < 1.29 is 18.3 Å². The molecule has 6 nitrogen and oxygen atoms in total. The number of carbonyl (C=O) groups is 1. The highest BCUT2D eigenvalue weighted by Crippen LogP contribution is 2.26. The second kappa shape index (κ2) is 7.27. The monoisotopic (exact) mass is 364 g/mol. The van der Waals surface area contributed by atoms with Gasteiger partial charge in [-0.1, -0.05) is 17.7 Å². The lowest BCUT2D eigenvalue weighted by atomic mass is 10.1. The van der Waals surface area contributed by atoms with Crippen LogP contribution in [-0.2, 0) is 10.0 Å². The van der Waals surface area contributed by atoms with Gasteiger partial charge < -0.3 is 10.0 Å². The maximum absolute atomic E-state index is 12.9. The summed E-state index contributed by atoms with van der Waals surface area (Å²) in [4.78, 5) is 14.5. The molecule has 1 saturated heterocycles. The van der Waals surface area contributed by atoms with E-state index in [0.717, 1.165) is 12.8 Å². The Bertz CT molecular complexity index is 788. The molecule has 0 radical (unpaired) electrons. The first-order valence-corrected chi connectivity index (χ1v) is 10.0. The lowest BCUT2D eigenvalue weighted by Gasteiger charge is -2.26. The van der Waals surface area contributed by atoms with E-state index in [1.807, 2.05) is 13.0 Å². The molecule has 1 fully saturated rings. The fraction of sp³-hybridized carbons (Fsp3) is 0.500. The zero-order valence-electron chi connectivity index (χ0n) is 14.4. The standard InChI is InChI=1S/C18H24N2O4S/c1-14-7-10-19(11-8-14)18(22)15-4-2-6-17(12-15)25(23,24)20-9-3-5-16(20)13-21/h2,4,6-7,12,16,21H,3,5,8-11,13H2,1H3/t16-/m1/s1. The number of aliphatic hydroxyl groups is 1. The Hall–Kier alpha value is -1.70. The van der Waals surface area contributed by atoms with Crippen molar-refractivity contribution in [2.75, 3.05) is 26.2 Å². The second-order valence-corrected chi connectivity index (χ2v) is 8.56. The third kappa shape index (κ3) is 3.63. The molecule has 136 valence electrons. The fourth-order valence-electron chi connectivity index (χ4n) is 3.37. The summed E-state index contributed by atoms with van der Waals surface area (Å²) in [6, 6.07) is 5.85. The van der Waals surface area contributed by atoms with Crippen LogP contribution in [0, 0.1) is 0 Å². The van der Waals surface area contributed by atoms with E-state index in [9.17, 15) is 18.3 Å². The molecule has 3 rings (SSSR count). The van der Waals surface area contributed by atoms with E-state index >= 15 is 0 Å². The number of sulfonamides is 1. The molecular weight excluding hydrogens is 340 g/mol. The maximum Gasteiger partial charge on any atom is 0.254 e. The third-order valence-corrected chi connectivity index (χ3v) is 6.89. The predicted octanol–water partition coefficient (Wildman–Crippen LogP) is 1.62. The van der Waals surface area contributed by atoms with Gasteiger partial charge in [-0.25, -0.2) is 8.42 Å². The third-order valence-electron chi connectivity index (χ3n) is 4.94. The minimum atomic E-state index is -3.70. The van der Waals surface area contributed by atoms with E-state index in [4.69, 9.17) is 0 Å². The first kappa shape index (κ1) is 18.1. The number of nitrogens with zero attached hydrogens (tertiary/aromatic N) is 2. The number of hydrogen-bond acceptors (Lipinski definition) is 4. The van der Waals surface area contributed by atoms with Gasteiger partial charge in [-0.15, -0.1) is 0 Å². The lowest BCUT2D eigenvalue weighted by Crippen LogP contribution is -2.38. The highest BCUT2D eigenvalue weighted by atomic mass is 32.2. The van der Waals surface area contributed by atoms with Crippen LogP contribution in [0.3, 0.4) is 0 Å². The van der Waals surface area contributed by atoms with Crippen molar-refractivity contribution in [3.8, 4) is 0 Å². The van der Waals surface area contributed by atoms with Crippen molar-refractivity contribution in [1.82, 2.24) is 9.21 Å².